The minimum Gasteiger partial charge on any atom is -0.493 e. The van der Waals surface area contributed by atoms with Crippen molar-refractivity contribution >= 4 is 67.3 Å². The summed E-state index contributed by atoms with van der Waals surface area (Å²) in [5.74, 6) is 1.18. The minimum atomic E-state index is -0.376. The summed E-state index contributed by atoms with van der Waals surface area (Å²) in [4.78, 5) is 27.0. The number of thioether (sulfide) groups is 1. The van der Waals surface area contributed by atoms with Crippen LogP contribution in [0.4, 0.5) is 4.79 Å². The van der Waals surface area contributed by atoms with Gasteiger partial charge in [0.1, 0.15) is 19.0 Å². The molecule has 0 spiro atoms. The van der Waals surface area contributed by atoms with E-state index in [0.29, 0.717) is 43.8 Å². The van der Waals surface area contributed by atoms with E-state index in [-0.39, 0.29) is 24.3 Å². The first-order valence-electron chi connectivity index (χ1n) is 12.0. The molecule has 0 bridgehead atoms. The standard InChI is InChI=1S/C30H23BrClNO5S/c1-36-26-16-19(15-23(31)28(26)38-18-21-9-6-8-20-7-2-3-10-22(20)21)17-27-29(34)33(30(35)39-27)13-14-37-25-12-5-4-11-24(25)32/h2-12,15-17H,13-14,18H2,1H3/b27-17-. The van der Waals surface area contributed by atoms with Gasteiger partial charge in [-0.05, 0) is 79.9 Å². The number of hydrogen-bond donors (Lipinski definition) is 0. The van der Waals surface area contributed by atoms with Crippen LogP contribution < -0.4 is 14.2 Å². The highest BCUT2D eigenvalue weighted by molar-refractivity contribution is 9.10. The predicted octanol–water partition coefficient (Wildman–Crippen LogP) is 7.96. The Labute approximate surface area is 243 Å². The summed E-state index contributed by atoms with van der Waals surface area (Å²) in [5.41, 5.74) is 1.74. The van der Waals surface area contributed by atoms with Gasteiger partial charge in [-0.2, -0.15) is 0 Å². The van der Waals surface area contributed by atoms with Crippen LogP contribution in [0, 0.1) is 0 Å². The molecule has 4 aromatic carbocycles. The third-order valence-electron chi connectivity index (χ3n) is 6.08. The molecule has 0 atom stereocenters. The van der Waals surface area contributed by atoms with Gasteiger partial charge in [0, 0.05) is 0 Å². The Hall–Kier alpha value is -3.46. The van der Waals surface area contributed by atoms with Gasteiger partial charge in [0.05, 0.1) is 28.1 Å². The molecule has 9 heteroatoms. The first-order chi connectivity index (χ1) is 18.9. The average molecular weight is 625 g/mol. The van der Waals surface area contributed by atoms with Crippen LogP contribution in [0.5, 0.6) is 17.2 Å². The Bertz CT molecular complexity index is 1590. The largest absolute Gasteiger partial charge is 0.493 e. The normalized spacial score (nSPS) is 14.3. The summed E-state index contributed by atoms with van der Waals surface area (Å²) >= 11 is 10.6. The highest BCUT2D eigenvalue weighted by Crippen LogP contribution is 2.40. The van der Waals surface area contributed by atoms with Crippen molar-refractivity contribution in [3.05, 3.63) is 104 Å². The molecule has 0 unspecified atom stereocenters. The van der Waals surface area contributed by atoms with Crippen molar-refractivity contribution < 1.29 is 23.8 Å². The number of imide groups is 1. The molecule has 5 rings (SSSR count). The van der Waals surface area contributed by atoms with Crippen LogP contribution in [0.3, 0.4) is 0 Å². The lowest BCUT2D eigenvalue weighted by Crippen LogP contribution is -2.32. The number of carbonyl (C=O) groups excluding carboxylic acids is 2. The fourth-order valence-corrected chi connectivity index (χ4v) is 5.81. The van der Waals surface area contributed by atoms with Crippen LogP contribution in [0.15, 0.2) is 88.2 Å². The number of carbonyl (C=O) groups is 2. The predicted molar refractivity (Wildman–Crippen MR) is 159 cm³/mol. The van der Waals surface area contributed by atoms with Gasteiger partial charge >= 0.3 is 0 Å². The van der Waals surface area contributed by atoms with E-state index >= 15 is 0 Å². The molecule has 1 saturated heterocycles. The van der Waals surface area contributed by atoms with Gasteiger partial charge in [-0.3, -0.25) is 14.5 Å². The van der Waals surface area contributed by atoms with Crippen LogP contribution in [-0.2, 0) is 11.4 Å². The fourth-order valence-electron chi connectivity index (χ4n) is 4.18. The van der Waals surface area contributed by atoms with Gasteiger partial charge in [0.15, 0.2) is 11.5 Å². The van der Waals surface area contributed by atoms with Crippen molar-refractivity contribution in [2.24, 2.45) is 0 Å². The summed E-state index contributed by atoms with van der Waals surface area (Å²) in [6.45, 7) is 0.600. The van der Waals surface area contributed by atoms with Crippen molar-refractivity contribution in [3.63, 3.8) is 0 Å². The summed E-state index contributed by atoms with van der Waals surface area (Å²) in [6, 6.07) is 24.9. The summed E-state index contributed by atoms with van der Waals surface area (Å²) in [5, 5.41) is 2.38. The van der Waals surface area contributed by atoms with Crippen molar-refractivity contribution in [3.8, 4) is 17.2 Å². The maximum atomic E-state index is 13.0. The molecule has 0 aliphatic carbocycles. The highest BCUT2D eigenvalue weighted by Gasteiger charge is 2.35. The molecule has 1 fully saturated rings. The molecule has 198 valence electrons. The van der Waals surface area contributed by atoms with Crippen molar-refractivity contribution in [1.29, 1.82) is 0 Å². The van der Waals surface area contributed by atoms with Gasteiger partial charge in [-0.15, -0.1) is 0 Å². The molecule has 1 aliphatic rings. The van der Waals surface area contributed by atoms with E-state index in [1.165, 1.54) is 4.90 Å². The zero-order valence-electron chi connectivity index (χ0n) is 20.9. The Morgan fingerprint density at radius 3 is 2.54 bits per heavy atom. The Morgan fingerprint density at radius 2 is 1.72 bits per heavy atom. The number of rotatable bonds is 9. The van der Waals surface area contributed by atoms with E-state index in [2.05, 4.69) is 34.1 Å². The van der Waals surface area contributed by atoms with Crippen LogP contribution in [-0.4, -0.2) is 36.3 Å². The molecule has 0 saturated carbocycles. The zero-order valence-corrected chi connectivity index (χ0v) is 24.0. The Balaban J connectivity index is 1.29. The fraction of sp³-hybridized carbons (Fsp3) is 0.133. The van der Waals surface area contributed by atoms with Crippen LogP contribution in [0.2, 0.25) is 5.02 Å². The molecule has 2 amide bonds. The molecule has 39 heavy (non-hydrogen) atoms. The molecule has 1 aliphatic heterocycles. The number of fused-ring (bicyclic) bond motifs is 1. The molecule has 0 aromatic heterocycles. The van der Waals surface area contributed by atoms with E-state index < -0.39 is 0 Å². The maximum Gasteiger partial charge on any atom is 0.293 e. The summed E-state index contributed by atoms with van der Waals surface area (Å²) in [7, 11) is 1.56. The number of nitrogens with zero attached hydrogens (tertiary/aromatic N) is 1. The van der Waals surface area contributed by atoms with Gasteiger partial charge in [0.2, 0.25) is 0 Å². The minimum absolute atomic E-state index is 0.112. The van der Waals surface area contributed by atoms with Gasteiger partial charge < -0.3 is 14.2 Å². The molecule has 4 aromatic rings. The van der Waals surface area contributed by atoms with Crippen LogP contribution in [0.1, 0.15) is 11.1 Å². The van der Waals surface area contributed by atoms with Crippen molar-refractivity contribution in [2.45, 2.75) is 6.61 Å². The number of methoxy groups -OCH3 is 1. The lowest BCUT2D eigenvalue weighted by atomic mass is 10.1. The topological polar surface area (TPSA) is 65.1 Å². The highest BCUT2D eigenvalue weighted by atomic mass is 79.9. The second-order valence-electron chi connectivity index (χ2n) is 8.57. The number of benzene rings is 4. The molecule has 0 N–H and O–H groups in total. The first-order valence-corrected chi connectivity index (χ1v) is 14.0. The SMILES string of the molecule is COc1cc(/C=C2\SC(=O)N(CCOc3ccccc3Cl)C2=O)cc(Br)c1OCc1cccc2ccccc12. The second-order valence-corrected chi connectivity index (χ2v) is 10.8. The number of halogens is 2. The third kappa shape index (κ3) is 6.08. The molecular formula is C30H23BrClNO5S. The van der Waals surface area contributed by atoms with Gasteiger partial charge in [0.25, 0.3) is 11.1 Å². The monoisotopic (exact) mass is 623 g/mol. The Morgan fingerprint density at radius 1 is 0.949 bits per heavy atom. The second kappa shape index (κ2) is 12.2. The van der Waals surface area contributed by atoms with Gasteiger partial charge in [-0.25, -0.2) is 0 Å². The van der Waals surface area contributed by atoms with E-state index in [1.54, 1.807) is 43.5 Å². The number of ether oxygens (including phenoxy) is 3. The van der Waals surface area contributed by atoms with E-state index in [4.69, 9.17) is 25.8 Å². The number of hydrogen-bond acceptors (Lipinski definition) is 6. The third-order valence-corrected chi connectivity index (χ3v) is 7.89. The van der Waals surface area contributed by atoms with E-state index in [0.717, 1.165) is 28.1 Å². The maximum absolute atomic E-state index is 13.0. The lowest BCUT2D eigenvalue weighted by molar-refractivity contribution is -0.123. The Kier molecular flexibility index (Phi) is 8.45. The lowest BCUT2D eigenvalue weighted by Gasteiger charge is -2.15. The average Bonchev–Trinajstić information content (AvgIpc) is 3.20. The summed E-state index contributed by atoms with van der Waals surface area (Å²) in [6.07, 6.45) is 1.67. The van der Waals surface area contributed by atoms with Crippen LogP contribution in [0.25, 0.3) is 16.8 Å². The molecular weight excluding hydrogens is 602 g/mol. The quantitative estimate of drug-likeness (QED) is 0.176. The van der Waals surface area contributed by atoms with Crippen molar-refractivity contribution in [2.75, 3.05) is 20.3 Å². The molecule has 6 nitrogen and oxygen atoms in total. The van der Waals surface area contributed by atoms with Crippen LogP contribution >= 0.6 is 39.3 Å². The smallest absolute Gasteiger partial charge is 0.293 e. The molecule has 1 heterocycles. The zero-order chi connectivity index (χ0) is 27.4. The first kappa shape index (κ1) is 27.1. The summed E-state index contributed by atoms with van der Waals surface area (Å²) < 4.78 is 18.1. The number of amides is 2. The number of para-hydroxylation sites is 1. The van der Waals surface area contributed by atoms with Gasteiger partial charge in [-0.1, -0.05) is 66.2 Å². The van der Waals surface area contributed by atoms with E-state index in [9.17, 15) is 9.59 Å². The van der Waals surface area contributed by atoms with Crippen molar-refractivity contribution in [1.82, 2.24) is 4.90 Å². The molecule has 0 radical (unpaired) electrons. The van der Waals surface area contributed by atoms with E-state index in [1.807, 2.05) is 30.3 Å².